The zero-order valence-electron chi connectivity index (χ0n) is 26.4. The van der Waals surface area contributed by atoms with Crippen LogP contribution in [0.2, 0.25) is 0 Å². The molecule has 1 atom stereocenters. The van der Waals surface area contributed by atoms with Crippen molar-refractivity contribution in [3.8, 4) is 5.75 Å². The van der Waals surface area contributed by atoms with Crippen LogP contribution < -0.4 is 14.8 Å². The first-order valence-electron chi connectivity index (χ1n) is 16.2. The second kappa shape index (κ2) is 16.4. The van der Waals surface area contributed by atoms with Crippen molar-refractivity contribution in [2.75, 3.05) is 18.8 Å². The number of piperidine rings is 1. The van der Waals surface area contributed by atoms with Crippen molar-refractivity contribution in [1.82, 2.24) is 30.3 Å². The summed E-state index contributed by atoms with van der Waals surface area (Å²) in [5.41, 5.74) is 1.38. The van der Waals surface area contributed by atoms with E-state index in [9.17, 15) is 26.0 Å². The normalized spacial score (nSPS) is 17.9. The van der Waals surface area contributed by atoms with E-state index in [-0.39, 0.29) is 17.8 Å². The standard InChI is InChI=1S/C32H42F4N6O3S2/c1-2-3-4-5-6-7-17-47(43,44)45-28-10-8-9-23-19-37-31(38-20-24(23)28)26-21-46-32(39-26)22-11-13-41(14-12-22)15-16-42-27(30(35)36)18-25(40-42)29(33)34/h8-10,15-16,18,21-22,29-31,37-38H,2-7,11-14,17,19-20H2,1H3. The summed E-state index contributed by atoms with van der Waals surface area (Å²) in [6, 6.07) is 6.21. The lowest BCUT2D eigenvalue weighted by molar-refractivity contribution is 0.143. The summed E-state index contributed by atoms with van der Waals surface area (Å²) in [6.07, 6.45) is 4.37. The first-order valence-corrected chi connectivity index (χ1v) is 18.6. The van der Waals surface area contributed by atoms with Gasteiger partial charge in [-0.1, -0.05) is 51.2 Å². The van der Waals surface area contributed by atoms with Crippen LogP contribution in [0.25, 0.3) is 6.20 Å². The lowest BCUT2D eigenvalue weighted by atomic mass is 9.98. The number of fused-ring (bicyclic) bond motifs is 1. The molecule has 258 valence electrons. The third kappa shape index (κ3) is 9.55. The highest BCUT2D eigenvalue weighted by atomic mass is 32.2. The Morgan fingerprint density at radius 3 is 2.51 bits per heavy atom. The second-order valence-electron chi connectivity index (χ2n) is 12.0. The first-order chi connectivity index (χ1) is 22.6. The maximum atomic E-state index is 13.3. The van der Waals surface area contributed by atoms with E-state index in [1.807, 2.05) is 22.4 Å². The van der Waals surface area contributed by atoms with Crippen LogP contribution in [0.3, 0.4) is 0 Å². The van der Waals surface area contributed by atoms with Gasteiger partial charge in [-0.3, -0.25) is 10.6 Å². The van der Waals surface area contributed by atoms with Gasteiger partial charge >= 0.3 is 10.1 Å². The molecule has 1 saturated heterocycles. The number of halogens is 4. The third-order valence-corrected chi connectivity index (χ3v) is 10.8. The Hall–Kier alpha value is -3.01. The SMILES string of the molecule is CCCCCCCCS(=O)(=O)Oc1cccc2c1CNC(c1csc(C3CCN(C=Cn4nc(C(F)F)cc4C(F)F)CC3)n1)NC2. The smallest absolute Gasteiger partial charge is 0.309 e. The maximum absolute atomic E-state index is 13.3. The molecular weight excluding hydrogens is 657 g/mol. The lowest BCUT2D eigenvalue weighted by Gasteiger charge is -2.30. The Kier molecular flexibility index (Phi) is 12.3. The highest BCUT2D eigenvalue weighted by Gasteiger charge is 2.26. The first kappa shape index (κ1) is 35.3. The van der Waals surface area contributed by atoms with Gasteiger partial charge in [0.1, 0.15) is 23.3 Å². The monoisotopic (exact) mass is 698 g/mol. The number of thiazole rings is 1. The number of unbranched alkanes of at least 4 members (excludes halogenated alkanes) is 5. The van der Waals surface area contributed by atoms with Gasteiger partial charge in [0.2, 0.25) is 0 Å². The van der Waals surface area contributed by atoms with Gasteiger partial charge in [0.25, 0.3) is 12.9 Å². The number of aromatic nitrogens is 3. The van der Waals surface area contributed by atoms with Gasteiger partial charge in [-0.15, -0.1) is 11.3 Å². The van der Waals surface area contributed by atoms with Crippen molar-refractivity contribution >= 4 is 27.7 Å². The van der Waals surface area contributed by atoms with Gasteiger partial charge in [0.05, 0.1) is 16.5 Å². The number of alkyl halides is 4. The lowest BCUT2D eigenvalue weighted by Crippen LogP contribution is -2.31. The van der Waals surface area contributed by atoms with Gasteiger partial charge in [-0.05, 0) is 37.0 Å². The number of rotatable bonds is 15. The van der Waals surface area contributed by atoms with Gasteiger partial charge < -0.3 is 9.08 Å². The van der Waals surface area contributed by atoms with Gasteiger partial charge in [0.15, 0.2) is 0 Å². The van der Waals surface area contributed by atoms with E-state index in [4.69, 9.17) is 9.17 Å². The molecule has 0 amide bonds. The molecule has 2 aliphatic heterocycles. The quantitative estimate of drug-likeness (QED) is 0.0958. The van der Waals surface area contributed by atoms with E-state index in [0.717, 1.165) is 71.1 Å². The van der Waals surface area contributed by atoms with Crippen molar-refractivity contribution in [2.24, 2.45) is 0 Å². The number of likely N-dealkylation sites (tertiary alicyclic amines) is 1. The van der Waals surface area contributed by atoms with E-state index in [0.29, 0.717) is 38.3 Å². The van der Waals surface area contributed by atoms with Crippen LogP contribution in [0.5, 0.6) is 5.75 Å². The predicted molar refractivity (Wildman–Crippen MR) is 174 cm³/mol. The molecule has 0 saturated carbocycles. The van der Waals surface area contributed by atoms with Crippen molar-refractivity contribution in [1.29, 1.82) is 0 Å². The van der Waals surface area contributed by atoms with E-state index in [2.05, 4.69) is 22.7 Å². The molecule has 47 heavy (non-hydrogen) atoms. The highest BCUT2D eigenvalue weighted by molar-refractivity contribution is 7.87. The van der Waals surface area contributed by atoms with E-state index >= 15 is 0 Å². The molecule has 5 rings (SSSR count). The summed E-state index contributed by atoms with van der Waals surface area (Å²) in [6.45, 7) is 4.39. The van der Waals surface area contributed by atoms with E-state index in [1.165, 1.54) is 12.6 Å². The molecule has 9 nitrogen and oxygen atoms in total. The topological polar surface area (TPSA) is 101 Å². The Morgan fingerprint density at radius 1 is 1.02 bits per heavy atom. The average Bonchev–Trinajstić information content (AvgIpc) is 3.66. The number of nitrogens with zero attached hydrogens (tertiary/aromatic N) is 4. The number of benzene rings is 1. The molecule has 4 heterocycles. The molecule has 0 aliphatic carbocycles. The van der Waals surface area contributed by atoms with Crippen molar-refractivity contribution in [2.45, 2.75) is 96.3 Å². The van der Waals surface area contributed by atoms with Crippen molar-refractivity contribution in [3.05, 3.63) is 69.1 Å². The Balaban J connectivity index is 1.14. The number of nitrogens with one attached hydrogen (secondary N) is 2. The third-order valence-electron chi connectivity index (χ3n) is 8.54. The Labute approximate surface area is 277 Å². The minimum Gasteiger partial charge on any atom is -0.382 e. The second-order valence-corrected chi connectivity index (χ2v) is 14.5. The van der Waals surface area contributed by atoms with E-state index in [1.54, 1.807) is 23.6 Å². The summed E-state index contributed by atoms with van der Waals surface area (Å²) < 4.78 is 84.5. The molecule has 15 heteroatoms. The molecule has 1 unspecified atom stereocenters. The van der Waals surface area contributed by atoms with Crippen LogP contribution in [-0.2, 0) is 23.2 Å². The molecule has 1 aromatic carbocycles. The summed E-state index contributed by atoms with van der Waals surface area (Å²) in [7, 11) is -3.71. The fourth-order valence-corrected chi connectivity index (χ4v) is 7.97. The molecule has 1 fully saturated rings. The molecule has 0 radical (unpaired) electrons. The average molecular weight is 699 g/mol. The molecule has 0 bridgehead atoms. The predicted octanol–water partition coefficient (Wildman–Crippen LogP) is 7.48. The Bertz CT molecular complexity index is 1590. The molecule has 3 aromatic rings. The van der Waals surface area contributed by atoms with Crippen LogP contribution in [0, 0.1) is 0 Å². The largest absolute Gasteiger partial charge is 0.382 e. The molecule has 0 spiro atoms. The minimum atomic E-state index is -3.71. The van der Waals surface area contributed by atoms with Crippen LogP contribution >= 0.6 is 11.3 Å². The van der Waals surface area contributed by atoms with Gasteiger partial charge in [0, 0.05) is 55.4 Å². The summed E-state index contributed by atoms with van der Waals surface area (Å²) in [4.78, 5) is 6.90. The zero-order chi connectivity index (χ0) is 33.4. The number of hydrogen-bond donors (Lipinski definition) is 2. The van der Waals surface area contributed by atoms with Crippen LogP contribution in [0.15, 0.2) is 35.8 Å². The fraction of sp³-hybridized carbons (Fsp3) is 0.562. The minimum absolute atomic E-state index is 0.0000335. The van der Waals surface area contributed by atoms with Gasteiger partial charge in [-0.25, -0.2) is 27.2 Å². The van der Waals surface area contributed by atoms with Crippen LogP contribution in [-0.4, -0.2) is 46.9 Å². The molecular formula is C32H42F4N6O3S2. The summed E-state index contributed by atoms with van der Waals surface area (Å²) in [5.74, 6) is 0.584. The summed E-state index contributed by atoms with van der Waals surface area (Å²) >= 11 is 1.59. The molecule has 2 N–H and O–H groups in total. The van der Waals surface area contributed by atoms with Crippen LogP contribution in [0.1, 0.15) is 116 Å². The van der Waals surface area contributed by atoms with Crippen molar-refractivity contribution in [3.63, 3.8) is 0 Å². The highest BCUT2D eigenvalue weighted by Crippen LogP contribution is 2.33. The van der Waals surface area contributed by atoms with Crippen molar-refractivity contribution < 1.29 is 30.2 Å². The summed E-state index contributed by atoms with van der Waals surface area (Å²) in [5, 5.41) is 13.6. The van der Waals surface area contributed by atoms with Crippen LogP contribution in [0.4, 0.5) is 17.6 Å². The fourth-order valence-electron chi connectivity index (χ4n) is 5.88. The zero-order valence-corrected chi connectivity index (χ0v) is 28.0. The molecule has 2 aromatic heterocycles. The number of hydrogen-bond acceptors (Lipinski definition) is 9. The maximum Gasteiger partial charge on any atom is 0.309 e. The van der Waals surface area contributed by atoms with E-state index < -0.39 is 34.4 Å². The Morgan fingerprint density at radius 2 is 1.77 bits per heavy atom. The van der Waals surface area contributed by atoms with Gasteiger partial charge in [-0.2, -0.15) is 13.5 Å². The molecule has 2 aliphatic rings.